The average Bonchev–Trinajstić information content (AvgIpc) is 2.96. The zero-order valence-corrected chi connectivity index (χ0v) is 15.8. The van der Waals surface area contributed by atoms with Gasteiger partial charge in [-0.2, -0.15) is 0 Å². The molecule has 0 saturated carbocycles. The molecule has 2 aromatic carbocycles. The van der Waals surface area contributed by atoms with Crippen molar-refractivity contribution in [1.82, 2.24) is 4.98 Å². The Kier molecular flexibility index (Phi) is 4.39. The molecule has 0 aliphatic carbocycles. The van der Waals surface area contributed by atoms with Crippen LogP contribution in [0, 0.1) is 12.8 Å². The summed E-state index contributed by atoms with van der Waals surface area (Å²) in [5.41, 5.74) is 3.18. The van der Waals surface area contributed by atoms with Gasteiger partial charge in [-0.05, 0) is 43.0 Å². The highest BCUT2D eigenvalue weighted by Gasteiger charge is 2.34. The third kappa shape index (κ3) is 3.24. The van der Waals surface area contributed by atoms with Crippen molar-refractivity contribution in [3.8, 4) is 0 Å². The standard InChI is InChI=1S/C19H19N3OS2/c1-12-7-8-15-17(9-12)25-19(21-15)22-10-13(11-22)18(23)20-14-5-3-4-6-16(14)24-2/h3-9,13H,10-11H2,1-2H3,(H,20,23). The summed E-state index contributed by atoms with van der Waals surface area (Å²) in [5, 5.41) is 4.07. The maximum absolute atomic E-state index is 12.5. The molecule has 1 amide bonds. The van der Waals surface area contributed by atoms with Crippen LogP contribution < -0.4 is 10.2 Å². The van der Waals surface area contributed by atoms with E-state index in [0.717, 1.165) is 34.3 Å². The lowest BCUT2D eigenvalue weighted by Crippen LogP contribution is -2.52. The molecule has 25 heavy (non-hydrogen) atoms. The predicted octanol–water partition coefficient (Wildman–Crippen LogP) is 4.40. The van der Waals surface area contributed by atoms with Gasteiger partial charge in [-0.3, -0.25) is 4.79 Å². The van der Waals surface area contributed by atoms with E-state index in [-0.39, 0.29) is 11.8 Å². The second-order valence-electron chi connectivity index (χ2n) is 6.26. The second-order valence-corrected chi connectivity index (χ2v) is 8.12. The average molecular weight is 370 g/mol. The highest BCUT2D eigenvalue weighted by molar-refractivity contribution is 7.98. The van der Waals surface area contributed by atoms with Gasteiger partial charge in [0.2, 0.25) is 5.91 Å². The summed E-state index contributed by atoms with van der Waals surface area (Å²) in [5.74, 6) is 0.110. The summed E-state index contributed by atoms with van der Waals surface area (Å²) < 4.78 is 1.21. The SMILES string of the molecule is CSc1ccccc1NC(=O)C1CN(c2nc3ccc(C)cc3s2)C1. The lowest BCUT2D eigenvalue weighted by atomic mass is 10.00. The summed E-state index contributed by atoms with van der Waals surface area (Å²) in [4.78, 5) is 20.5. The minimum atomic E-state index is 0.0173. The molecule has 4 nitrogen and oxygen atoms in total. The largest absolute Gasteiger partial charge is 0.346 e. The minimum absolute atomic E-state index is 0.0173. The van der Waals surface area contributed by atoms with E-state index in [1.165, 1.54) is 10.3 Å². The molecule has 6 heteroatoms. The van der Waals surface area contributed by atoms with Crippen molar-refractivity contribution in [2.75, 3.05) is 29.6 Å². The molecule has 0 radical (unpaired) electrons. The molecule has 1 aromatic heterocycles. The summed E-state index contributed by atoms with van der Waals surface area (Å²) in [6, 6.07) is 14.2. The third-order valence-electron chi connectivity index (χ3n) is 4.42. The van der Waals surface area contributed by atoms with Crippen molar-refractivity contribution in [3.63, 3.8) is 0 Å². The highest BCUT2D eigenvalue weighted by Crippen LogP contribution is 2.34. The van der Waals surface area contributed by atoms with E-state index in [0.29, 0.717) is 0 Å². The zero-order valence-electron chi connectivity index (χ0n) is 14.2. The normalized spacial score (nSPS) is 14.6. The van der Waals surface area contributed by atoms with E-state index in [2.05, 4.69) is 35.3 Å². The van der Waals surface area contributed by atoms with Crippen molar-refractivity contribution < 1.29 is 4.79 Å². The molecule has 4 rings (SSSR count). The Morgan fingerprint density at radius 1 is 1.28 bits per heavy atom. The number of nitrogens with one attached hydrogen (secondary N) is 1. The maximum Gasteiger partial charge on any atom is 0.231 e. The molecule has 128 valence electrons. The van der Waals surface area contributed by atoms with Crippen molar-refractivity contribution in [1.29, 1.82) is 0 Å². The first-order chi connectivity index (χ1) is 12.1. The number of nitrogens with zero attached hydrogens (tertiary/aromatic N) is 2. The molecule has 0 atom stereocenters. The number of amides is 1. The molecule has 0 spiro atoms. The number of thiazole rings is 1. The third-order valence-corrected chi connectivity index (χ3v) is 6.30. The molecular formula is C19H19N3OS2. The van der Waals surface area contributed by atoms with Crippen LogP contribution in [0.4, 0.5) is 10.8 Å². The number of rotatable bonds is 4. The van der Waals surface area contributed by atoms with Crippen LogP contribution in [0.15, 0.2) is 47.4 Å². The number of thioether (sulfide) groups is 1. The fourth-order valence-electron chi connectivity index (χ4n) is 2.94. The summed E-state index contributed by atoms with van der Waals surface area (Å²) in [6.45, 7) is 3.55. The van der Waals surface area contributed by atoms with Gasteiger partial charge in [0.1, 0.15) is 0 Å². The van der Waals surface area contributed by atoms with Crippen molar-refractivity contribution in [3.05, 3.63) is 48.0 Å². The first-order valence-corrected chi connectivity index (χ1v) is 10.2. The van der Waals surface area contributed by atoms with Crippen LogP contribution >= 0.6 is 23.1 Å². The maximum atomic E-state index is 12.5. The van der Waals surface area contributed by atoms with Gasteiger partial charge in [0.05, 0.1) is 21.8 Å². The number of carbonyl (C=O) groups is 1. The van der Waals surface area contributed by atoms with Crippen molar-refractivity contribution >= 4 is 50.0 Å². The summed E-state index contributed by atoms with van der Waals surface area (Å²) in [6.07, 6.45) is 2.02. The van der Waals surface area contributed by atoms with Crippen LogP contribution in [-0.2, 0) is 4.79 Å². The van der Waals surface area contributed by atoms with Gasteiger partial charge in [0.15, 0.2) is 5.13 Å². The van der Waals surface area contributed by atoms with E-state index < -0.39 is 0 Å². The molecule has 0 bridgehead atoms. The lowest BCUT2D eigenvalue weighted by Gasteiger charge is -2.38. The number of para-hydroxylation sites is 1. The molecule has 3 aromatic rings. The number of hydrogen-bond acceptors (Lipinski definition) is 5. The molecule has 1 aliphatic heterocycles. The predicted molar refractivity (Wildman–Crippen MR) is 107 cm³/mol. The Labute approximate surface area is 155 Å². The van der Waals surface area contributed by atoms with Gasteiger partial charge < -0.3 is 10.2 Å². The van der Waals surface area contributed by atoms with Gasteiger partial charge >= 0.3 is 0 Å². The van der Waals surface area contributed by atoms with Gasteiger partial charge in [0.25, 0.3) is 0 Å². The topological polar surface area (TPSA) is 45.2 Å². The highest BCUT2D eigenvalue weighted by atomic mass is 32.2. The van der Waals surface area contributed by atoms with Crippen molar-refractivity contribution in [2.24, 2.45) is 5.92 Å². The zero-order chi connectivity index (χ0) is 17.4. The number of carbonyl (C=O) groups excluding carboxylic acids is 1. The Balaban J connectivity index is 1.41. The Bertz CT molecular complexity index is 931. The number of anilines is 2. The monoisotopic (exact) mass is 369 g/mol. The lowest BCUT2D eigenvalue weighted by molar-refractivity contribution is -0.120. The van der Waals surface area contributed by atoms with E-state index in [1.54, 1.807) is 23.1 Å². The molecule has 1 fully saturated rings. The summed E-state index contributed by atoms with van der Waals surface area (Å²) >= 11 is 3.34. The van der Waals surface area contributed by atoms with E-state index >= 15 is 0 Å². The smallest absolute Gasteiger partial charge is 0.231 e. The Morgan fingerprint density at radius 2 is 2.08 bits per heavy atom. The number of benzene rings is 2. The fraction of sp³-hybridized carbons (Fsp3) is 0.263. The Morgan fingerprint density at radius 3 is 2.88 bits per heavy atom. The van der Waals surface area contributed by atoms with Gasteiger partial charge in [-0.25, -0.2) is 4.98 Å². The van der Waals surface area contributed by atoms with E-state index in [1.807, 2.05) is 30.5 Å². The van der Waals surface area contributed by atoms with Gasteiger partial charge in [-0.15, -0.1) is 11.8 Å². The van der Waals surface area contributed by atoms with Crippen LogP contribution in [0.1, 0.15) is 5.56 Å². The fourth-order valence-corrected chi connectivity index (χ4v) is 4.57. The molecule has 2 heterocycles. The minimum Gasteiger partial charge on any atom is -0.346 e. The number of hydrogen-bond donors (Lipinski definition) is 1. The quantitative estimate of drug-likeness (QED) is 0.692. The molecular weight excluding hydrogens is 350 g/mol. The van der Waals surface area contributed by atoms with Crippen molar-refractivity contribution in [2.45, 2.75) is 11.8 Å². The molecule has 1 saturated heterocycles. The second kappa shape index (κ2) is 6.69. The van der Waals surface area contributed by atoms with Gasteiger partial charge in [-0.1, -0.05) is 29.5 Å². The van der Waals surface area contributed by atoms with Crippen LogP contribution in [0.5, 0.6) is 0 Å². The molecule has 0 unspecified atom stereocenters. The first-order valence-electron chi connectivity index (χ1n) is 8.20. The Hall–Kier alpha value is -2.05. The number of aromatic nitrogens is 1. The summed E-state index contributed by atoms with van der Waals surface area (Å²) in [7, 11) is 0. The van der Waals surface area contributed by atoms with Crippen LogP contribution in [-0.4, -0.2) is 30.2 Å². The van der Waals surface area contributed by atoms with Crippen LogP contribution in [0.25, 0.3) is 10.2 Å². The number of aryl methyl sites for hydroxylation is 1. The molecule has 1 N–H and O–H groups in total. The van der Waals surface area contributed by atoms with Gasteiger partial charge in [0, 0.05) is 18.0 Å². The van der Waals surface area contributed by atoms with E-state index in [4.69, 9.17) is 4.98 Å². The molecule has 1 aliphatic rings. The number of fused-ring (bicyclic) bond motifs is 1. The van der Waals surface area contributed by atoms with E-state index in [9.17, 15) is 4.79 Å². The first kappa shape index (κ1) is 16.4. The van der Waals surface area contributed by atoms with Crippen LogP contribution in [0.2, 0.25) is 0 Å². The van der Waals surface area contributed by atoms with Crippen LogP contribution in [0.3, 0.4) is 0 Å².